The van der Waals surface area contributed by atoms with Gasteiger partial charge in [0.1, 0.15) is 22.8 Å². The minimum Gasteiger partial charge on any atom is -0.456 e. The highest BCUT2D eigenvalue weighted by atomic mass is 16.3. The Morgan fingerprint density at radius 2 is 1.06 bits per heavy atom. The predicted octanol–water partition coefficient (Wildman–Crippen LogP) is 10.6. The molecule has 0 aliphatic carbocycles. The van der Waals surface area contributed by atoms with Crippen molar-refractivity contribution in [2.45, 2.75) is 6.17 Å². The van der Waals surface area contributed by atoms with Crippen LogP contribution in [0.1, 0.15) is 22.9 Å². The molecule has 1 unspecified atom stereocenters. The van der Waals surface area contributed by atoms with Crippen molar-refractivity contribution < 1.29 is 4.42 Å². The Balaban J connectivity index is 1.18. The van der Waals surface area contributed by atoms with Crippen LogP contribution in [0.15, 0.2) is 178 Å². The summed E-state index contributed by atoms with van der Waals surface area (Å²) in [6.45, 7) is 0. The van der Waals surface area contributed by atoms with Crippen LogP contribution in [-0.4, -0.2) is 11.7 Å². The van der Waals surface area contributed by atoms with E-state index in [-0.39, 0.29) is 0 Å². The van der Waals surface area contributed by atoms with Gasteiger partial charge in [0.15, 0.2) is 6.17 Å². The van der Waals surface area contributed by atoms with E-state index in [0.717, 1.165) is 66.8 Å². The molecule has 4 heteroatoms. The SMILES string of the molecule is c1ccc(C2=NC(c3cccc4ccccc34)N=C(c3cccc4oc5ccc(-c6ccc(-c7ccccc7)cc6)cc5c34)N2)cc1. The maximum absolute atomic E-state index is 6.42. The van der Waals surface area contributed by atoms with Crippen LogP contribution in [0.25, 0.3) is 55.0 Å². The highest BCUT2D eigenvalue weighted by Gasteiger charge is 2.24. The second-order valence-electron chi connectivity index (χ2n) is 11.8. The summed E-state index contributed by atoms with van der Waals surface area (Å²) < 4.78 is 6.42. The Hall–Kier alpha value is -6.26. The lowest BCUT2D eigenvalue weighted by Gasteiger charge is -2.23. The molecule has 8 aromatic rings. The summed E-state index contributed by atoms with van der Waals surface area (Å²) in [7, 11) is 0. The maximum Gasteiger partial charge on any atom is 0.170 e. The van der Waals surface area contributed by atoms with E-state index in [2.05, 4.69) is 133 Å². The molecule has 0 amide bonds. The molecule has 2 heterocycles. The minimum atomic E-state index is -0.417. The van der Waals surface area contributed by atoms with Crippen LogP contribution in [0.5, 0.6) is 0 Å². The molecule has 1 aliphatic heterocycles. The van der Waals surface area contributed by atoms with Gasteiger partial charge in [-0.15, -0.1) is 0 Å². The number of fused-ring (bicyclic) bond motifs is 4. The van der Waals surface area contributed by atoms with Crippen molar-refractivity contribution >= 4 is 44.4 Å². The van der Waals surface area contributed by atoms with Crippen molar-refractivity contribution in [1.82, 2.24) is 5.32 Å². The molecular weight excluding hydrogens is 574 g/mol. The van der Waals surface area contributed by atoms with Crippen LogP contribution in [0.3, 0.4) is 0 Å². The van der Waals surface area contributed by atoms with Crippen LogP contribution < -0.4 is 5.32 Å². The van der Waals surface area contributed by atoms with Gasteiger partial charge < -0.3 is 9.73 Å². The van der Waals surface area contributed by atoms with E-state index in [0.29, 0.717) is 0 Å². The zero-order chi connectivity index (χ0) is 31.2. The number of nitrogens with zero attached hydrogens (tertiary/aromatic N) is 2. The van der Waals surface area contributed by atoms with E-state index in [4.69, 9.17) is 14.4 Å². The van der Waals surface area contributed by atoms with E-state index in [1.54, 1.807) is 0 Å². The Labute approximate surface area is 272 Å². The van der Waals surface area contributed by atoms with Crippen molar-refractivity contribution in [3.63, 3.8) is 0 Å². The highest BCUT2D eigenvalue weighted by molar-refractivity contribution is 6.23. The van der Waals surface area contributed by atoms with E-state index in [1.807, 2.05) is 36.4 Å². The summed E-state index contributed by atoms with van der Waals surface area (Å²) in [6.07, 6.45) is -0.417. The average molecular weight is 604 g/mol. The summed E-state index contributed by atoms with van der Waals surface area (Å²) in [6, 6.07) is 56.9. The zero-order valence-electron chi connectivity index (χ0n) is 25.5. The van der Waals surface area contributed by atoms with Crippen LogP contribution in [0.4, 0.5) is 0 Å². The van der Waals surface area contributed by atoms with Gasteiger partial charge in [-0.2, -0.15) is 0 Å². The Bertz CT molecular complexity index is 2470. The third kappa shape index (κ3) is 4.88. The van der Waals surface area contributed by atoms with Crippen LogP contribution >= 0.6 is 0 Å². The van der Waals surface area contributed by atoms with E-state index in [9.17, 15) is 0 Å². The Kier molecular flexibility index (Phi) is 6.50. The molecule has 1 atom stereocenters. The summed E-state index contributed by atoms with van der Waals surface area (Å²) in [4.78, 5) is 10.4. The molecule has 222 valence electrons. The molecule has 1 aromatic heterocycles. The number of hydrogen-bond donors (Lipinski definition) is 1. The third-order valence-electron chi connectivity index (χ3n) is 8.96. The summed E-state index contributed by atoms with van der Waals surface area (Å²) in [5.41, 5.74) is 9.42. The fourth-order valence-electron chi connectivity index (χ4n) is 6.63. The molecule has 47 heavy (non-hydrogen) atoms. The summed E-state index contributed by atoms with van der Waals surface area (Å²) in [5.74, 6) is 1.56. The van der Waals surface area contributed by atoms with Gasteiger partial charge in [0.2, 0.25) is 0 Å². The first-order valence-corrected chi connectivity index (χ1v) is 15.9. The number of hydrogen-bond acceptors (Lipinski definition) is 4. The number of amidine groups is 2. The van der Waals surface area contributed by atoms with E-state index >= 15 is 0 Å². The quantitative estimate of drug-likeness (QED) is 0.213. The summed E-state index contributed by atoms with van der Waals surface area (Å²) >= 11 is 0. The number of benzene rings is 7. The van der Waals surface area contributed by atoms with Crippen molar-refractivity contribution in [2.75, 3.05) is 0 Å². The topological polar surface area (TPSA) is 49.9 Å². The van der Waals surface area contributed by atoms with Gasteiger partial charge >= 0.3 is 0 Å². The first-order valence-electron chi connectivity index (χ1n) is 15.9. The van der Waals surface area contributed by atoms with E-state index in [1.165, 1.54) is 16.5 Å². The molecule has 1 aliphatic rings. The van der Waals surface area contributed by atoms with E-state index < -0.39 is 6.17 Å². The molecule has 7 aromatic carbocycles. The normalized spacial score (nSPS) is 14.6. The van der Waals surface area contributed by atoms with Crippen molar-refractivity contribution in [3.8, 4) is 22.3 Å². The van der Waals surface area contributed by atoms with Gasteiger partial charge in [-0.05, 0) is 51.2 Å². The second kappa shape index (κ2) is 11.3. The van der Waals surface area contributed by atoms with Gasteiger partial charge in [-0.25, -0.2) is 9.98 Å². The molecule has 0 spiro atoms. The fraction of sp³-hybridized carbons (Fsp3) is 0.0233. The molecule has 9 rings (SSSR count). The first-order chi connectivity index (χ1) is 23.3. The predicted molar refractivity (Wildman–Crippen MR) is 194 cm³/mol. The number of nitrogens with one attached hydrogen (secondary N) is 1. The van der Waals surface area contributed by atoms with Crippen molar-refractivity contribution in [3.05, 3.63) is 180 Å². The molecule has 1 N–H and O–H groups in total. The van der Waals surface area contributed by atoms with Gasteiger partial charge in [0, 0.05) is 27.5 Å². The Morgan fingerprint density at radius 1 is 0.447 bits per heavy atom. The zero-order valence-corrected chi connectivity index (χ0v) is 25.5. The molecule has 0 saturated heterocycles. The lowest BCUT2D eigenvalue weighted by atomic mass is 9.98. The molecule has 0 fully saturated rings. The standard InChI is InChI=1S/C43H29N3O/c1-3-11-28(12-4-1)29-21-23-30(24-22-29)33-25-26-38-37(27-33)40-36(19-10-20-39(40)47-38)43-45-41(32-14-5-2-6-15-32)44-42(46-43)35-18-9-16-31-13-7-8-17-34(31)35/h1-27,42H,(H,44,45,46). The molecule has 0 radical (unpaired) electrons. The number of furan rings is 1. The third-order valence-corrected chi connectivity index (χ3v) is 8.96. The minimum absolute atomic E-state index is 0.417. The maximum atomic E-state index is 6.42. The average Bonchev–Trinajstić information content (AvgIpc) is 3.53. The molecular formula is C43H29N3O. The van der Waals surface area contributed by atoms with Crippen LogP contribution in [0, 0.1) is 0 Å². The largest absolute Gasteiger partial charge is 0.456 e. The number of aliphatic imine (C=N–C) groups is 2. The van der Waals surface area contributed by atoms with Gasteiger partial charge in [0.25, 0.3) is 0 Å². The molecule has 0 bridgehead atoms. The van der Waals surface area contributed by atoms with Gasteiger partial charge in [-0.1, -0.05) is 146 Å². The Morgan fingerprint density at radius 3 is 1.87 bits per heavy atom. The number of rotatable bonds is 5. The fourth-order valence-corrected chi connectivity index (χ4v) is 6.63. The lowest BCUT2D eigenvalue weighted by Crippen LogP contribution is -2.36. The highest BCUT2D eigenvalue weighted by Crippen LogP contribution is 2.37. The van der Waals surface area contributed by atoms with Crippen molar-refractivity contribution in [2.24, 2.45) is 9.98 Å². The van der Waals surface area contributed by atoms with Gasteiger partial charge in [0.05, 0.1) is 0 Å². The monoisotopic (exact) mass is 603 g/mol. The molecule has 0 saturated carbocycles. The molecule has 4 nitrogen and oxygen atoms in total. The van der Waals surface area contributed by atoms with Crippen LogP contribution in [-0.2, 0) is 0 Å². The second-order valence-corrected chi connectivity index (χ2v) is 11.8. The lowest BCUT2D eigenvalue weighted by molar-refractivity contribution is 0.669. The smallest absolute Gasteiger partial charge is 0.170 e. The van der Waals surface area contributed by atoms with Crippen molar-refractivity contribution in [1.29, 1.82) is 0 Å². The van der Waals surface area contributed by atoms with Crippen LogP contribution in [0.2, 0.25) is 0 Å². The van der Waals surface area contributed by atoms with Gasteiger partial charge in [-0.3, -0.25) is 0 Å². The summed E-state index contributed by atoms with van der Waals surface area (Å²) in [5, 5.41) is 8.01. The first kappa shape index (κ1) is 27.1.